The minimum atomic E-state index is -0.873. The van der Waals surface area contributed by atoms with Crippen molar-refractivity contribution in [1.82, 2.24) is 4.57 Å². The zero-order valence-electron chi connectivity index (χ0n) is 13.7. The summed E-state index contributed by atoms with van der Waals surface area (Å²) in [5.41, 5.74) is 6.40. The molecule has 0 saturated heterocycles. The molecule has 2 nitrogen and oxygen atoms in total. The van der Waals surface area contributed by atoms with Gasteiger partial charge in [-0.1, -0.05) is 25.1 Å². The molecule has 1 heterocycles. The monoisotopic (exact) mass is 303 g/mol. The summed E-state index contributed by atoms with van der Waals surface area (Å²) in [5.74, 6) is 0.744. The maximum atomic E-state index is 12.3. The Morgan fingerprint density at radius 2 is 1.81 bits per heavy atom. The van der Waals surface area contributed by atoms with Gasteiger partial charge in [0.1, 0.15) is 0 Å². The first-order chi connectivity index (χ1) is 9.95. The van der Waals surface area contributed by atoms with Crippen LogP contribution in [0.15, 0.2) is 29.3 Å². The van der Waals surface area contributed by atoms with Crippen LogP contribution in [0.25, 0.3) is 0 Å². The molecule has 0 saturated carbocycles. The Morgan fingerprint density at radius 3 is 2.48 bits per heavy atom. The number of rotatable bonds is 5. The van der Waals surface area contributed by atoms with Crippen molar-refractivity contribution in [2.45, 2.75) is 52.5 Å². The minimum Gasteiger partial charge on any atom is -0.346 e. The molecule has 0 aliphatic heterocycles. The summed E-state index contributed by atoms with van der Waals surface area (Å²) in [7, 11) is -0.873. The summed E-state index contributed by atoms with van der Waals surface area (Å²) >= 11 is 0. The van der Waals surface area contributed by atoms with Crippen LogP contribution >= 0.6 is 0 Å². The van der Waals surface area contributed by atoms with Crippen molar-refractivity contribution in [3.63, 3.8) is 0 Å². The number of hydrogen-bond donors (Lipinski definition) is 0. The highest BCUT2D eigenvalue weighted by molar-refractivity contribution is 7.85. The van der Waals surface area contributed by atoms with Crippen molar-refractivity contribution >= 4 is 10.8 Å². The molecule has 1 aromatic heterocycles. The molecule has 0 aliphatic carbocycles. The standard InChI is InChI=1S/C18H25NOS/c1-6-10-21(20)18-12-19(16(5)15(18)4)11-17-9-7-8-13(2)14(17)3/h7-9,12H,6,10-11H2,1-5H3. The fraction of sp³-hybridized carbons (Fsp3) is 0.444. The predicted octanol–water partition coefficient (Wildman–Crippen LogP) is 4.29. The molecule has 0 bridgehead atoms. The Balaban J connectivity index is 2.35. The van der Waals surface area contributed by atoms with Crippen LogP contribution < -0.4 is 0 Å². The summed E-state index contributed by atoms with van der Waals surface area (Å²) in [6, 6.07) is 6.44. The summed E-state index contributed by atoms with van der Waals surface area (Å²) in [6.45, 7) is 11.4. The summed E-state index contributed by atoms with van der Waals surface area (Å²) in [4.78, 5) is 1.000. The maximum Gasteiger partial charge on any atom is 0.0596 e. The lowest BCUT2D eigenvalue weighted by atomic mass is 10.0. The van der Waals surface area contributed by atoms with Crippen LogP contribution in [0.4, 0.5) is 0 Å². The van der Waals surface area contributed by atoms with Gasteiger partial charge in [0, 0.05) is 24.2 Å². The summed E-state index contributed by atoms with van der Waals surface area (Å²) < 4.78 is 14.5. The number of hydrogen-bond acceptors (Lipinski definition) is 1. The molecule has 21 heavy (non-hydrogen) atoms. The Hall–Kier alpha value is -1.35. The van der Waals surface area contributed by atoms with Crippen LogP contribution in [-0.4, -0.2) is 14.5 Å². The molecular formula is C18H25NOS. The van der Waals surface area contributed by atoms with Crippen LogP contribution in [0.5, 0.6) is 0 Å². The maximum absolute atomic E-state index is 12.3. The Morgan fingerprint density at radius 1 is 1.10 bits per heavy atom. The number of benzene rings is 1. The SMILES string of the molecule is CCCS(=O)c1cn(Cc2cccc(C)c2C)c(C)c1C. The van der Waals surface area contributed by atoms with Crippen LogP contribution in [0.3, 0.4) is 0 Å². The zero-order chi connectivity index (χ0) is 15.6. The lowest BCUT2D eigenvalue weighted by molar-refractivity contribution is 0.681. The van der Waals surface area contributed by atoms with Gasteiger partial charge in [-0.2, -0.15) is 0 Å². The van der Waals surface area contributed by atoms with E-state index in [1.54, 1.807) is 0 Å². The third-order valence-corrected chi connectivity index (χ3v) is 5.99. The average Bonchev–Trinajstić information content (AvgIpc) is 2.72. The largest absolute Gasteiger partial charge is 0.346 e. The van der Waals surface area contributed by atoms with Crippen LogP contribution in [0.1, 0.15) is 41.3 Å². The fourth-order valence-corrected chi connectivity index (χ4v) is 3.91. The van der Waals surface area contributed by atoms with E-state index in [-0.39, 0.29) is 0 Å². The highest BCUT2D eigenvalue weighted by atomic mass is 32.2. The van der Waals surface area contributed by atoms with Gasteiger partial charge in [0.15, 0.2) is 0 Å². The zero-order valence-corrected chi connectivity index (χ0v) is 14.5. The van der Waals surface area contributed by atoms with E-state index in [1.807, 2.05) is 0 Å². The van der Waals surface area contributed by atoms with Crippen LogP contribution in [-0.2, 0) is 17.3 Å². The molecule has 0 aliphatic rings. The van der Waals surface area contributed by atoms with Crippen molar-refractivity contribution < 1.29 is 4.21 Å². The second-order valence-electron chi connectivity index (χ2n) is 5.74. The first-order valence-electron chi connectivity index (χ1n) is 7.55. The topological polar surface area (TPSA) is 22.0 Å². The molecule has 1 atom stereocenters. The van der Waals surface area contributed by atoms with E-state index in [9.17, 15) is 4.21 Å². The Bertz CT molecular complexity index is 670. The van der Waals surface area contributed by atoms with Gasteiger partial charge in [-0.05, 0) is 56.4 Å². The molecule has 114 valence electrons. The first-order valence-corrected chi connectivity index (χ1v) is 8.87. The third kappa shape index (κ3) is 3.29. The molecule has 3 heteroatoms. The van der Waals surface area contributed by atoms with E-state index in [4.69, 9.17) is 0 Å². The molecule has 0 N–H and O–H groups in total. The van der Waals surface area contributed by atoms with Crippen molar-refractivity contribution in [2.24, 2.45) is 0 Å². The Labute approximate surface area is 130 Å². The number of nitrogens with zero attached hydrogens (tertiary/aromatic N) is 1. The molecule has 2 rings (SSSR count). The second-order valence-corrected chi connectivity index (χ2v) is 7.28. The molecule has 0 amide bonds. The molecule has 2 aromatic rings. The normalized spacial score (nSPS) is 12.6. The van der Waals surface area contributed by atoms with Crippen LogP contribution in [0.2, 0.25) is 0 Å². The first kappa shape index (κ1) is 16.0. The summed E-state index contributed by atoms with van der Waals surface area (Å²) in [6.07, 6.45) is 3.03. The van der Waals surface area contributed by atoms with E-state index in [0.29, 0.717) is 0 Å². The van der Waals surface area contributed by atoms with Gasteiger partial charge in [-0.15, -0.1) is 0 Å². The van der Waals surface area contributed by atoms with Gasteiger partial charge >= 0.3 is 0 Å². The quantitative estimate of drug-likeness (QED) is 0.807. The predicted molar refractivity (Wildman–Crippen MR) is 90.5 cm³/mol. The molecule has 0 spiro atoms. The summed E-state index contributed by atoms with van der Waals surface area (Å²) in [5, 5.41) is 0. The average molecular weight is 303 g/mol. The van der Waals surface area contributed by atoms with Crippen molar-refractivity contribution in [3.8, 4) is 0 Å². The lowest BCUT2D eigenvalue weighted by Crippen LogP contribution is -2.03. The lowest BCUT2D eigenvalue weighted by Gasteiger charge is -2.11. The van der Waals surface area contributed by atoms with E-state index in [2.05, 4.69) is 63.6 Å². The van der Waals surface area contributed by atoms with E-state index >= 15 is 0 Å². The molecule has 1 unspecified atom stereocenters. The third-order valence-electron chi connectivity index (χ3n) is 4.31. The van der Waals surface area contributed by atoms with Gasteiger partial charge in [-0.25, -0.2) is 0 Å². The Kier molecular flexibility index (Phi) is 5.04. The highest BCUT2D eigenvalue weighted by Crippen LogP contribution is 2.22. The van der Waals surface area contributed by atoms with Gasteiger partial charge < -0.3 is 4.57 Å². The minimum absolute atomic E-state index is 0.744. The number of aromatic nitrogens is 1. The van der Waals surface area contributed by atoms with Gasteiger partial charge in [-0.3, -0.25) is 4.21 Å². The second kappa shape index (κ2) is 6.61. The molecular weight excluding hydrogens is 278 g/mol. The number of aryl methyl sites for hydroxylation is 1. The molecule has 0 radical (unpaired) electrons. The molecule has 0 fully saturated rings. The van der Waals surface area contributed by atoms with E-state index in [0.717, 1.165) is 23.6 Å². The van der Waals surface area contributed by atoms with Crippen molar-refractivity contribution in [3.05, 3.63) is 52.3 Å². The highest BCUT2D eigenvalue weighted by Gasteiger charge is 2.14. The van der Waals surface area contributed by atoms with E-state index in [1.165, 1.54) is 27.9 Å². The smallest absolute Gasteiger partial charge is 0.0596 e. The van der Waals surface area contributed by atoms with Crippen molar-refractivity contribution in [1.29, 1.82) is 0 Å². The van der Waals surface area contributed by atoms with Gasteiger partial charge in [0.2, 0.25) is 0 Å². The van der Waals surface area contributed by atoms with Gasteiger partial charge in [0.05, 0.1) is 15.7 Å². The van der Waals surface area contributed by atoms with E-state index < -0.39 is 10.8 Å². The van der Waals surface area contributed by atoms with Crippen molar-refractivity contribution in [2.75, 3.05) is 5.75 Å². The molecule has 1 aromatic carbocycles. The van der Waals surface area contributed by atoms with Crippen LogP contribution in [0, 0.1) is 27.7 Å². The fourth-order valence-electron chi connectivity index (χ4n) is 2.58. The van der Waals surface area contributed by atoms with Gasteiger partial charge in [0.25, 0.3) is 0 Å².